The zero-order valence-corrected chi connectivity index (χ0v) is 13.9. The van der Waals surface area contributed by atoms with E-state index in [1.807, 2.05) is 12.1 Å². The summed E-state index contributed by atoms with van der Waals surface area (Å²) in [5.41, 5.74) is 2.26. The van der Waals surface area contributed by atoms with E-state index in [4.69, 9.17) is 0 Å². The molecule has 1 aliphatic carbocycles. The predicted molar refractivity (Wildman–Crippen MR) is 86.8 cm³/mol. The van der Waals surface area contributed by atoms with Crippen LogP contribution < -0.4 is 10.0 Å². The monoisotopic (exact) mass is 310 g/mol. The van der Waals surface area contributed by atoms with Gasteiger partial charge in [0.25, 0.3) is 0 Å². The van der Waals surface area contributed by atoms with Gasteiger partial charge in [0.05, 0.1) is 5.25 Å². The van der Waals surface area contributed by atoms with Gasteiger partial charge in [-0.25, -0.2) is 13.1 Å². The van der Waals surface area contributed by atoms with Crippen LogP contribution in [0.1, 0.15) is 50.7 Å². The highest BCUT2D eigenvalue weighted by atomic mass is 32.2. The lowest BCUT2D eigenvalue weighted by Gasteiger charge is -2.15. The molecular weight excluding hydrogens is 284 g/mol. The molecule has 1 unspecified atom stereocenters. The van der Waals surface area contributed by atoms with Crippen molar-refractivity contribution in [3.8, 4) is 0 Å². The zero-order valence-electron chi connectivity index (χ0n) is 13.1. The number of rotatable bonds is 8. The molecule has 0 spiro atoms. The molecule has 1 aromatic carbocycles. The van der Waals surface area contributed by atoms with E-state index in [0.29, 0.717) is 25.0 Å². The van der Waals surface area contributed by atoms with Crippen LogP contribution in [0.25, 0.3) is 0 Å². The van der Waals surface area contributed by atoms with Gasteiger partial charge in [0, 0.05) is 19.1 Å². The molecule has 0 bridgehead atoms. The van der Waals surface area contributed by atoms with Crippen LogP contribution in [-0.4, -0.2) is 26.3 Å². The highest BCUT2D eigenvalue weighted by Crippen LogP contribution is 2.19. The van der Waals surface area contributed by atoms with Crippen molar-refractivity contribution in [1.29, 1.82) is 0 Å². The summed E-state index contributed by atoms with van der Waals surface area (Å²) in [7, 11) is -3.27. The Morgan fingerprint density at radius 2 is 1.76 bits per heavy atom. The van der Waals surface area contributed by atoms with E-state index >= 15 is 0 Å². The van der Waals surface area contributed by atoms with Crippen LogP contribution in [-0.2, 0) is 16.6 Å². The number of sulfonamides is 1. The van der Waals surface area contributed by atoms with Crippen LogP contribution in [0.2, 0.25) is 0 Å². The van der Waals surface area contributed by atoms with Crippen molar-refractivity contribution < 1.29 is 8.42 Å². The quantitative estimate of drug-likeness (QED) is 0.775. The summed E-state index contributed by atoms with van der Waals surface area (Å²) >= 11 is 0. The molecule has 21 heavy (non-hydrogen) atoms. The fraction of sp³-hybridized carbons (Fsp3) is 0.625. The van der Waals surface area contributed by atoms with Gasteiger partial charge in [-0.1, -0.05) is 38.1 Å². The van der Waals surface area contributed by atoms with Crippen molar-refractivity contribution in [2.75, 3.05) is 6.54 Å². The topological polar surface area (TPSA) is 58.2 Å². The smallest absolute Gasteiger partial charge is 0.215 e. The molecule has 1 saturated carbocycles. The Bertz CT molecular complexity index is 548. The van der Waals surface area contributed by atoms with Crippen molar-refractivity contribution in [1.82, 2.24) is 10.0 Å². The lowest BCUT2D eigenvalue weighted by molar-refractivity contribution is 0.557. The highest BCUT2D eigenvalue weighted by molar-refractivity contribution is 7.90. The molecule has 2 N–H and O–H groups in total. The number of hydrogen-bond acceptors (Lipinski definition) is 3. The van der Waals surface area contributed by atoms with Crippen LogP contribution in [0.15, 0.2) is 24.3 Å². The van der Waals surface area contributed by atoms with Gasteiger partial charge in [-0.3, -0.25) is 0 Å². The minimum atomic E-state index is -3.27. The molecule has 0 heterocycles. The Labute approximate surface area is 128 Å². The first-order valence-corrected chi connectivity index (χ1v) is 9.24. The van der Waals surface area contributed by atoms with E-state index in [0.717, 1.165) is 5.56 Å². The second-order valence-corrected chi connectivity index (χ2v) is 8.44. The average molecular weight is 310 g/mol. The van der Waals surface area contributed by atoms with Crippen LogP contribution in [0, 0.1) is 0 Å². The molecule has 0 saturated heterocycles. The third-order valence-corrected chi connectivity index (χ3v) is 5.70. The zero-order chi connectivity index (χ0) is 15.5. The van der Waals surface area contributed by atoms with Crippen LogP contribution in [0.4, 0.5) is 0 Å². The average Bonchev–Trinajstić information content (AvgIpc) is 3.27. The van der Waals surface area contributed by atoms with Crippen molar-refractivity contribution in [2.24, 2.45) is 0 Å². The third-order valence-electron chi connectivity index (χ3n) is 3.92. The Morgan fingerprint density at radius 1 is 1.14 bits per heavy atom. The van der Waals surface area contributed by atoms with Gasteiger partial charge in [-0.15, -0.1) is 0 Å². The normalized spacial score (nSPS) is 17.1. The lowest BCUT2D eigenvalue weighted by Crippen LogP contribution is -2.39. The van der Waals surface area contributed by atoms with E-state index in [1.165, 1.54) is 18.4 Å². The summed E-state index contributed by atoms with van der Waals surface area (Å²) in [6.07, 6.45) is 2.34. The van der Waals surface area contributed by atoms with E-state index < -0.39 is 15.3 Å². The molecule has 1 atom stereocenters. The molecule has 0 radical (unpaired) electrons. The summed E-state index contributed by atoms with van der Waals surface area (Å²) in [5.74, 6) is 0.490. The first-order chi connectivity index (χ1) is 9.88. The summed E-state index contributed by atoms with van der Waals surface area (Å²) in [4.78, 5) is 0. The van der Waals surface area contributed by atoms with Gasteiger partial charge in [-0.2, -0.15) is 0 Å². The molecule has 1 fully saturated rings. The van der Waals surface area contributed by atoms with Gasteiger partial charge < -0.3 is 5.32 Å². The Morgan fingerprint density at radius 3 is 2.29 bits per heavy atom. The third kappa shape index (κ3) is 5.09. The van der Waals surface area contributed by atoms with E-state index in [9.17, 15) is 8.42 Å². The van der Waals surface area contributed by atoms with Gasteiger partial charge >= 0.3 is 0 Å². The molecule has 118 valence electrons. The SMILES string of the molecule is CC(C)c1ccc(CNS(=O)(=O)C(C)CNC2CC2)cc1. The molecule has 4 nitrogen and oxygen atoms in total. The minimum Gasteiger partial charge on any atom is -0.313 e. The molecule has 1 aromatic rings. The molecule has 0 aliphatic heterocycles. The first-order valence-electron chi connectivity index (χ1n) is 7.69. The van der Waals surface area contributed by atoms with E-state index in [-0.39, 0.29) is 0 Å². The molecule has 0 amide bonds. The predicted octanol–water partition coefficient (Wildman–Crippen LogP) is 2.37. The number of hydrogen-bond donors (Lipinski definition) is 2. The highest BCUT2D eigenvalue weighted by Gasteiger charge is 2.25. The lowest BCUT2D eigenvalue weighted by atomic mass is 10.0. The van der Waals surface area contributed by atoms with E-state index in [2.05, 4.69) is 36.0 Å². The van der Waals surface area contributed by atoms with Crippen molar-refractivity contribution in [3.63, 3.8) is 0 Å². The Kier molecular flexibility index (Phi) is 5.41. The van der Waals surface area contributed by atoms with Crippen molar-refractivity contribution in [2.45, 2.75) is 57.4 Å². The maximum atomic E-state index is 12.2. The Balaban J connectivity index is 1.84. The second-order valence-electron chi connectivity index (χ2n) is 6.26. The summed E-state index contributed by atoms with van der Waals surface area (Å²) in [6.45, 7) is 6.92. The van der Waals surface area contributed by atoms with Crippen LogP contribution in [0.3, 0.4) is 0 Å². The van der Waals surface area contributed by atoms with Crippen molar-refractivity contribution in [3.05, 3.63) is 35.4 Å². The number of benzene rings is 1. The van der Waals surface area contributed by atoms with Crippen molar-refractivity contribution >= 4 is 10.0 Å². The second kappa shape index (κ2) is 6.90. The van der Waals surface area contributed by atoms with Gasteiger partial charge in [0.2, 0.25) is 10.0 Å². The van der Waals surface area contributed by atoms with Gasteiger partial charge in [0.15, 0.2) is 0 Å². The molecular formula is C16H26N2O2S. The maximum absolute atomic E-state index is 12.2. The summed E-state index contributed by atoms with van der Waals surface area (Å²) in [5, 5.41) is 2.85. The standard InChI is InChI=1S/C16H26N2O2S/c1-12(2)15-6-4-14(5-7-15)11-18-21(19,20)13(3)10-17-16-8-9-16/h4-7,12-13,16-18H,8-11H2,1-3H3. The fourth-order valence-corrected chi connectivity index (χ4v) is 3.04. The largest absolute Gasteiger partial charge is 0.313 e. The Hall–Kier alpha value is -0.910. The molecule has 1 aliphatic rings. The fourth-order valence-electron chi connectivity index (χ4n) is 2.08. The van der Waals surface area contributed by atoms with Crippen LogP contribution in [0.5, 0.6) is 0 Å². The first kappa shape index (κ1) is 16.5. The van der Waals surface area contributed by atoms with Gasteiger partial charge in [-0.05, 0) is 36.8 Å². The summed E-state index contributed by atoms with van der Waals surface area (Å²) < 4.78 is 27.0. The van der Waals surface area contributed by atoms with Gasteiger partial charge in [0.1, 0.15) is 0 Å². The maximum Gasteiger partial charge on any atom is 0.215 e. The van der Waals surface area contributed by atoms with Crippen LogP contribution >= 0.6 is 0 Å². The summed E-state index contributed by atoms with van der Waals surface area (Å²) in [6, 6.07) is 8.64. The molecule has 0 aromatic heterocycles. The van der Waals surface area contributed by atoms with E-state index in [1.54, 1.807) is 6.92 Å². The molecule has 2 rings (SSSR count). The number of nitrogens with one attached hydrogen (secondary N) is 2. The molecule has 5 heteroatoms. The minimum absolute atomic E-state index is 0.356.